The minimum absolute atomic E-state index is 0. The Hall–Kier alpha value is -2.10. The number of amides is 1. The van der Waals surface area contributed by atoms with Crippen molar-refractivity contribution >= 4 is 35.8 Å². The first-order valence-corrected chi connectivity index (χ1v) is 9.56. The van der Waals surface area contributed by atoms with Crippen LogP contribution in [0, 0.1) is 0 Å². The lowest BCUT2D eigenvalue weighted by molar-refractivity contribution is -0.130. The number of rotatable bonds is 9. The van der Waals surface area contributed by atoms with Gasteiger partial charge in [0, 0.05) is 45.0 Å². The molecule has 2 N–H and O–H groups in total. The summed E-state index contributed by atoms with van der Waals surface area (Å²) in [6.45, 7) is 9.39. The number of halogens is 1. The van der Waals surface area contributed by atoms with Crippen LogP contribution in [-0.4, -0.2) is 52.7 Å². The van der Waals surface area contributed by atoms with Gasteiger partial charge >= 0.3 is 0 Å². The van der Waals surface area contributed by atoms with Crippen LogP contribution in [0.15, 0.2) is 47.7 Å². The van der Waals surface area contributed by atoms with Crippen molar-refractivity contribution < 1.29 is 4.79 Å². The van der Waals surface area contributed by atoms with Crippen LogP contribution in [0.4, 0.5) is 0 Å². The second-order valence-corrected chi connectivity index (χ2v) is 6.06. The van der Waals surface area contributed by atoms with E-state index in [9.17, 15) is 4.79 Å². The number of hydrogen-bond acceptors (Lipinski definition) is 3. The molecule has 0 aliphatic rings. The van der Waals surface area contributed by atoms with E-state index < -0.39 is 0 Å². The van der Waals surface area contributed by atoms with Gasteiger partial charge in [0.25, 0.3) is 0 Å². The summed E-state index contributed by atoms with van der Waals surface area (Å²) in [5.74, 6) is 0.879. The molecule has 0 unspecified atom stereocenters. The third-order valence-electron chi connectivity index (χ3n) is 4.19. The molecule has 1 aromatic heterocycles. The van der Waals surface area contributed by atoms with Crippen molar-refractivity contribution in [1.29, 1.82) is 0 Å². The largest absolute Gasteiger partial charge is 0.357 e. The molecule has 0 aliphatic heterocycles. The van der Waals surface area contributed by atoms with Gasteiger partial charge in [0.05, 0.1) is 12.2 Å². The van der Waals surface area contributed by atoms with E-state index in [1.165, 1.54) is 0 Å². The molecular weight excluding hydrogens is 467 g/mol. The zero-order chi connectivity index (χ0) is 19.5. The van der Waals surface area contributed by atoms with Crippen LogP contribution in [0.25, 0.3) is 5.69 Å². The van der Waals surface area contributed by atoms with Crippen molar-refractivity contribution in [3.8, 4) is 5.69 Å². The lowest BCUT2D eigenvalue weighted by atomic mass is 10.2. The summed E-state index contributed by atoms with van der Waals surface area (Å²) in [7, 11) is 0. The molecule has 0 fully saturated rings. The predicted octanol–water partition coefficient (Wildman–Crippen LogP) is 2.80. The number of aliphatic imine (C=N–C) groups is 1. The number of nitrogens with one attached hydrogen (secondary N) is 2. The summed E-state index contributed by atoms with van der Waals surface area (Å²) in [6.07, 6.45) is 4.14. The highest BCUT2D eigenvalue weighted by Crippen LogP contribution is 2.10. The van der Waals surface area contributed by atoms with E-state index in [0.717, 1.165) is 30.9 Å². The molecule has 0 atom stereocenters. The quantitative estimate of drug-likeness (QED) is 0.317. The van der Waals surface area contributed by atoms with Crippen molar-refractivity contribution in [2.24, 2.45) is 4.99 Å². The SMILES string of the molecule is CCNC(=NCc1cccc(-n2cccn2)c1)NCCC(=O)N(CC)CC.I. The van der Waals surface area contributed by atoms with Crippen LogP contribution >= 0.6 is 24.0 Å². The average molecular weight is 498 g/mol. The molecule has 0 aliphatic carbocycles. The molecule has 28 heavy (non-hydrogen) atoms. The molecule has 0 spiro atoms. The monoisotopic (exact) mass is 498 g/mol. The van der Waals surface area contributed by atoms with Gasteiger partial charge in [-0.2, -0.15) is 5.10 Å². The van der Waals surface area contributed by atoms with Gasteiger partial charge in [-0.3, -0.25) is 4.79 Å². The summed E-state index contributed by atoms with van der Waals surface area (Å²) in [5.41, 5.74) is 2.11. The van der Waals surface area contributed by atoms with E-state index in [2.05, 4.69) is 26.8 Å². The highest BCUT2D eigenvalue weighted by atomic mass is 127. The molecule has 1 heterocycles. The second-order valence-electron chi connectivity index (χ2n) is 6.06. The average Bonchev–Trinajstić information content (AvgIpc) is 3.22. The van der Waals surface area contributed by atoms with Crippen molar-refractivity contribution in [3.05, 3.63) is 48.3 Å². The van der Waals surface area contributed by atoms with Crippen LogP contribution in [0.1, 0.15) is 32.8 Å². The van der Waals surface area contributed by atoms with Gasteiger partial charge in [-0.15, -0.1) is 24.0 Å². The maximum atomic E-state index is 12.1. The fourth-order valence-corrected chi connectivity index (χ4v) is 2.75. The second kappa shape index (κ2) is 13.1. The van der Waals surface area contributed by atoms with Crippen molar-refractivity contribution in [1.82, 2.24) is 25.3 Å². The number of carbonyl (C=O) groups excluding carboxylic acids is 1. The highest BCUT2D eigenvalue weighted by Gasteiger charge is 2.09. The number of hydrogen-bond donors (Lipinski definition) is 2. The molecule has 1 amide bonds. The van der Waals surface area contributed by atoms with Crippen LogP contribution in [0.3, 0.4) is 0 Å². The van der Waals surface area contributed by atoms with E-state index in [1.807, 2.05) is 60.8 Å². The lowest BCUT2D eigenvalue weighted by Crippen LogP contribution is -2.40. The topological polar surface area (TPSA) is 74.5 Å². The molecule has 154 valence electrons. The zero-order valence-corrected chi connectivity index (χ0v) is 19.2. The van der Waals surface area contributed by atoms with Crippen molar-refractivity contribution in [3.63, 3.8) is 0 Å². The minimum Gasteiger partial charge on any atom is -0.357 e. The fourth-order valence-electron chi connectivity index (χ4n) is 2.75. The normalized spacial score (nSPS) is 10.9. The Bertz CT molecular complexity index is 728. The Morgan fingerprint density at radius 2 is 1.96 bits per heavy atom. The van der Waals surface area contributed by atoms with Gasteiger partial charge in [-0.05, 0) is 44.5 Å². The molecule has 1 aromatic carbocycles. The van der Waals surface area contributed by atoms with Gasteiger partial charge in [-0.25, -0.2) is 9.67 Å². The maximum absolute atomic E-state index is 12.1. The van der Waals surface area contributed by atoms with Crippen LogP contribution in [-0.2, 0) is 11.3 Å². The van der Waals surface area contributed by atoms with E-state index >= 15 is 0 Å². The third-order valence-corrected chi connectivity index (χ3v) is 4.19. The fraction of sp³-hybridized carbons (Fsp3) is 0.450. The Kier molecular flexibility index (Phi) is 11.2. The number of aromatic nitrogens is 2. The van der Waals surface area contributed by atoms with Crippen LogP contribution in [0.2, 0.25) is 0 Å². The first-order chi connectivity index (χ1) is 13.2. The van der Waals surface area contributed by atoms with E-state index in [4.69, 9.17) is 0 Å². The molecule has 8 heteroatoms. The molecule has 0 radical (unpaired) electrons. The van der Waals surface area contributed by atoms with Gasteiger partial charge in [0.2, 0.25) is 5.91 Å². The van der Waals surface area contributed by atoms with Gasteiger partial charge < -0.3 is 15.5 Å². The molecule has 0 saturated carbocycles. The molecule has 2 rings (SSSR count). The summed E-state index contributed by atoms with van der Waals surface area (Å²) in [5, 5.41) is 10.7. The molecule has 0 saturated heterocycles. The summed E-state index contributed by atoms with van der Waals surface area (Å²) in [4.78, 5) is 18.6. The number of guanidine groups is 1. The lowest BCUT2D eigenvalue weighted by Gasteiger charge is -2.19. The summed E-state index contributed by atoms with van der Waals surface area (Å²) < 4.78 is 1.83. The smallest absolute Gasteiger partial charge is 0.224 e. The maximum Gasteiger partial charge on any atom is 0.224 e. The Balaban J connectivity index is 0.00000392. The molecular formula is C20H31IN6O. The van der Waals surface area contributed by atoms with Crippen LogP contribution in [0.5, 0.6) is 0 Å². The minimum atomic E-state index is 0. The zero-order valence-electron chi connectivity index (χ0n) is 16.9. The van der Waals surface area contributed by atoms with Crippen molar-refractivity contribution in [2.45, 2.75) is 33.7 Å². The number of nitrogens with zero attached hydrogens (tertiary/aromatic N) is 4. The van der Waals surface area contributed by atoms with E-state index in [1.54, 1.807) is 6.20 Å². The molecule has 7 nitrogen and oxygen atoms in total. The third kappa shape index (κ3) is 7.49. The summed E-state index contributed by atoms with van der Waals surface area (Å²) >= 11 is 0. The van der Waals surface area contributed by atoms with Gasteiger partial charge in [0.1, 0.15) is 0 Å². The Morgan fingerprint density at radius 3 is 2.61 bits per heavy atom. The first kappa shape index (κ1) is 23.9. The number of benzene rings is 1. The van der Waals surface area contributed by atoms with E-state index in [-0.39, 0.29) is 29.9 Å². The van der Waals surface area contributed by atoms with E-state index in [0.29, 0.717) is 25.5 Å². The molecule has 0 bridgehead atoms. The van der Waals surface area contributed by atoms with Crippen LogP contribution < -0.4 is 10.6 Å². The Labute approximate surface area is 184 Å². The van der Waals surface area contributed by atoms with Gasteiger partial charge in [0.15, 0.2) is 5.96 Å². The molecule has 2 aromatic rings. The first-order valence-electron chi connectivity index (χ1n) is 9.56. The predicted molar refractivity (Wildman–Crippen MR) is 124 cm³/mol. The highest BCUT2D eigenvalue weighted by molar-refractivity contribution is 14.0. The number of carbonyl (C=O) groups is 1. The van der Waals surface area contributed by atoms with Gasteiger partial charge in [-0.1, -0.05) is 12.1 Å². The van der Waals surface area contributed by atoms with Crippen molar-refractivity contribution in [2.75, 3.05) is 26.2 Å². The standard InChI is InChI=1S/C20H30N6O.HI/c1-4-21-20(22-13-11-19(27)25(5-2)6-3)23-16-17-9-7-10-18(15-17)26-14-8-12-24-26;/h7-10,12,14-15H,4-6,11,13,16H2,1-3H3,(H2,21,22,23);1H. The Morgan fingerprint density at radius 1 is 1.18 bits per heavy atom. The summed E-state index contributed by atoms with van der Waals surface area (Å²) in [6, 6.07) is 10.0.